The minimum Gasteiger partial charge on any atom is -0.406 e. The average molecular weight is 409 g/mol. The molecule has 29 heavy (non-hydrogen) atoms. The Morgan fingerprint density at radius 3 is 2.62 bits per heavy atom. The predicted octanol–water partition coefficient (Wildman–Crippen LogP) is 4.16. The van der Waals surface area contributed by atoms with Crippen LogP contribution >= 0.6 is 0 Å². The van der Waals surface area contributed by atoms with Gasteiger partial charge in [0, 0.05) is 18.4 Å². The highest BCUT2D eigenvalue weighted by atomic mass is 19.4. The van der Waals surface area contributed by atoms with Gasteiger partial charge in [-0.25, -0.2) is 9.37 Å². The second-order valence-electron chi connectivity index (χ2n) is 6.45. The number of carbonyl (C=O) groups excluding carboxylic acids is 1. The summed E-state index contributed by atoms with van der Waals surface area (Å²) in [7, 11) is 0. The molecule has 1 aliphatic heterocycles. The molecular weight excluding hydrogens is 394 g/mol. The maximum absolute atomic E-state index is 13.8. The summed E-state index contributed by atoms with van der Waals surface area (Å²) in [5, 5.41) is 2.68. The second kappa shape index (κ2) is 7.36. The molecule has 1 fully saturated rings. The summed E-state index contributed by atoms with van der Waals surface area (Å²) in [6.45, 7) is 0.488. The number of aromatic nitrogens is 2. The molecular formula is C19H15F4N3O3. The van der Waals surface area contributed by atoms with Crippen molar-refractivity contribution in [2.75, 3.05) is 11.9 Å². The maximum atomic E-state index is 13.8. The lowest BCUT2D eigenvalue weighted by molar-refractivity contribution is -0.274. The van der Waals surface area contributed by atoms with Crippen LogP contribution in [0.4, 0.5) is 23.4 Å². The van der Waals surface area contributed by atoms with Gasteiger partial charge in [-0.1, -0.05) is 0 Å². The number of imidazole rings is 1. The van der Waals surface area contributed by atoms with E-state index in [0.717, 1.165) is 18.6 Å². The van der Waals surface area contributed by atoms with E-state index in [1.165, 1.54) is 34.9 Å². The lowest BCUT2D eigenvalue weighted by atomic mass is 10.1. The van der Waals surface area contributed by atoms with Crippen molar-refractivity contribution in [1.82, 2.24) is 9.38 Å². The second-order valence-corrected chi connectivity index (χ2v) is 6.45. The molecule has 6 nitrogen and oxygen atoms in total. The topological polar surface area (TPSA) is 64.9 Å². The normalized spacial score (nSPS) is 16.9. The van der Waals surface area contributed by atoms with Crippen LogP contribution in [-0.4, -0.2) is 34.4 Å². The third-order valence-corrected chi connectivity index (χ3v) is 4.41. The quantitative estimate of drug-likeness (QED) is 0.658. The van der Waals surface area contributed by atoms with Crippen molar-refractivity contribution in [2.24, 2.45) is 0 Å². The van der Waals surface area contributed by atoms with E-state index in [2.05, 4.69) is 15.0 Å². The van der Waals surface area contributed by atoms with Crippen LogP contribution in [0.2, 0.25) is 0 Å². The lowest BCUT2D eigenvalue weighted by Crippen LogP contribution is -2.27. The van der Waals surface area contributed by atoms with Gasteiger partial charge >= 0.3 is 6.36 Å². The summed E-state index contributed by atoms with van der Waals surface area (Å²) in [5.41, 5.74) is 1.10. The Kier molecular flexibility index (Phi) is 4.87. The van der Waals surface area contributed by atoms with E-state index in [1.54, 1.807) is 0 Å². The molecule has 10 heteroatoms. The molecule has 1 saturated heterocycles. The van der Waals surface area contributed by atoms with Crippen molar-refractivity contribution in [1.29, 1.82) is 0 Å². The van der Waals surface area contributed by atoms with E-state index in [-0.39, 0.29) is 11.7 Å². The number of nitrogens with zero attached hydrogens (tertiary/aromatic N) is 2. The third kappa shape index (κ3) is 4.16. The van der Waals surface area contributed by atoms with Crippen LogP contribution in [0.25, 0.3) is 16.9 Å². The largest absolute Gasteiger partial charge is 0.573 e. The zero-order valence-corrected chi connectivity index (χ0v) is 14.9. The number of hydrogen-bond acceptors (Lipinski definition) is 4. The molecule has 3 heterocycles. The molecule has 0 bridgehead atoms. The highest BCUT2D eigenvalue weighted by Gasteiger charge is 2.31. The standard InChI is InChI=1S/C19H15F4N3O3/c20-12-5-8-15-24-17(25-18(27)14-2-1-9-28-14)16(26(15)10-12)11-3-6-13(7-4-11)29-19(21,22)23/h3-8,10,14H,1-2,9H2,(H,25,27). The summed E-state index contributed by atoms with van der Waals surface area (Å²) >= 11 is 0. The van der Waals surface area contributed by atoms with E-state index >= 15 is 0 Å². The summed E-state index contributed by atoms with van der Waals surface area (Å²) in [5.74, 6) is -1.17. The Bertz CT molecular complexity index is 1040. The minimum atomic E-state index is -4.81. The monoisotopic (exact) mass is 409 g/mol. The number of amides is 1. The maximum Gasteiger partial charge on any atom is 0.573 e. The molecule has 1 aliphatic rings. The van der Waals surface area contributed by atoms with Crippen molar-refractivity contribution >= 4 is 17.4 Å². The summed E-state index contributed by atoms with van der Waals surface area (Å²) in [6, 6.07) is 7.66. The highest BCUT2D eigenvalue weighted by Crippen LogP contribution is 2.32. The first-order valence-corrected chi connectivity index (χ1v) is 8.76. The number of carbonyl (C=O) groups is 1. The Morgan fingerprint density at radius 2 is 1.97 bits per heavy atom. The van der Waals surface area contributed by atoms with Crippen LogP contribution in [0.1, 0.15) is 12.8 Å². The zero-order chi connectivity index (χ0) is 20.6. The molecule has 0 radical (unpaired) electrons. The van der Waals surface area contributed by atoms with Gasteiger partial charge in [0.25, 0.3) is 5.91 Å². The fourth-order valence-corrected chi connectivity index (χ4v) is 3.18. The predicted molar refractivity (Wildman–Crippen MR) is 94.9 cm³/mol. The van der Waals surface area contributed by atoms with E-state index < -0.39 is 24.0 Å². The van der Waals surface area contributed by atoms with Crippen LogP contribution in [0.3, 0.4) is 0 Å². The van der Waals surface area contributed by atoms with Crippen molar-refractivity contribution in [3.8, 4) is 17.0 Å². The molecule has 0 spiro atoms. The van der Waals surface area contributed by atoms with E-state index in [1.807, 2.05) is 0 Å². The third-order valence-electron chi connectivity index (χ3n) is 4.41. The summed E-state index contributed by atoms with van der Waals surface area (Å²) < 4.78 is 61.6. The van der Waals surface area contributed by atoms with Gasteiger partial charge in [-0.3, -0.25) is 9.20 Å². The Morgan fingerprint density at radius 1 is 1.21 bits per heavy atom. The van der Waals surface area contributed by atoms with Crippen molar-refractivity contribution in [2.45, 2.75) is 25.3 Å². The van der Waals surface area contributed by atoms with Crippen molar-refractivity contribution in [3.05, 3.63) is 48.4 Å². The fraction of sp³-hybridized carbons (Fsp3) is 0.263. The van der Waals surface area contributed by atoms with Crippen LogP contribution < -0.4 is 10.1 Å². The lowest BCUT2D eigenvalue weighted by Gasteiger charge is -2.12. The number of halogens is 4. The molecule has 1 atom stereocenters. The molecule has 0 saturated carbocycles. The number of benzene rings is 1. The number of alkyl halides is 3. The zero-order valence-electron chi connectivity index (χ0n) is 14.9. The molecule has 2 aromatic heterocycles. The fourth-order valence-electron chi connectivity index (χ4n) is 3.18. The number of hydrogen-bond donors (Lipinski definition) is 1. The Labute approximate surface area is 162 Å². The Balaban J connectivity index is 1.73. The summed E-state index contributed by atoms with van der Waals surface area (Å²) in [4.78, 5) is 16.8. The van der Waals surface area contributed by atoms with Crippen LogP contribution in [0.15, 0.2) is 42.6 Å². The number of fused-ring (bicyclic) bond motifs is 1. The minimum absolute atomic E-state index is 0.153. The molecule has 1 N–H and O–H groups in total. The van der Waals surface area contributed by atoms with Crippen LogP contribution in [0.5, 0.6) is 5.75 Å². The first kappa shape index (κ1) is 19.2. The number of ether oxygens (including phenoxy) is 2. The molecule has 1 unspecified atom stereocenters. The van der Waals surface area contributed by atoms with E-state index in [9.17, 15) is 22.4 Å². The van der Waals surface area contributed by atoms with Gasteiger partial charge in [-0.05, 0) is 49.2 Å². The molecule has 3 aromatic rings. The molecule has 4 rings (SSSR count). The SMILES string of the molecule is O=C(Nc1nc2ccc(F)cn2c1-c1ccc(OC(F)(F)F)cc1)C1CCCO1. The number of pyridine rings is 1. The van der Waals surface area contributed by atoms with E-state index in [4.69, 9.17) is 4.74 Å². The number of anilines is 1. The van der Waals surface area contributed by atoms with Crippen LogP contribution in [-0.2, 0) is 9.53 Å². The van der Waals surface area contributed by atoms with Gasteiger partial charge in [0.2, 0.25) is 0 Å². The van der Waals surface area contributed by atoms with Gasteiger partial charge in [-0.2, -0.15) is 0 Å². The van der Waals surface area contributed by atoms with Gasteiger partial charge in [-0.15, -0.1) is 13.2 Å². The number of rotatable bonds is 4. The van der Waals surface area contributed by atoms with Gasteiger partial charge in [0.15, 0.2) is 5.82 Å². The molecule has 1 amide bonds. The highest BCUT2D eigenvalue weighted by molar-refractivity contribution is 5.97. The molecule has 152 valence electrons. The first-order valence-electron chi connectivity index (χ1n) is 8.76. The molecule has 1 aromatic carbocycles. The van der Waals surface area contributed by atoms with E-state index in [0.29, 0.717) is 29.9 Å². The Hall–Kier alpha value is -3.14. The number of nitrogens with one attached hydrogen (secondary N) is 1. The van der Waals surface area contributed by atoms with Gasteiger partial charge < -0.3 is 14.8 Å². The van der Waals surface area contributed by atoms with Crippen molar-refractivity contribution < 1.29 is 31.8 Å². The molecule has 0 aliphatic carbocycles. The van der Waals surface area contributed by atoms with Gasteiger partial charge in [0.1, 0.15) is 23.3 Å². The average Bonchev–Trinajstić information content (AvgIpc) is 3.29. The smallest absolute Gasteiger partial charge is 0.406 e. The van der Waals surface area contributed by atoms with Crippen molar-refractivity contribution in [3.63, 3.8) is 0 Å². The summed E-state index contributed by atoms with van der Waals surface area (Å²) in [6.07, 6.45) is -2.89. The van der Waals surface area contributed by atoms with Gasteiger partial charge in [0.05, 0.1) is 5.69 Å². The first-order chi connectivity index (χ1) is 13.8. The van der Waals surface area contributed by atoms with Crippen LogP contribution in [0, 0.1) is 5.82 Å².